The quantitative estimate of drug-likeness (QED) is 0.0248. The SMILES string of the molecule is CCCCCCCCC(CCCCCC)C(=O)OCCCCC(=O)OC[C@H](COC(=O)CCCN(C)CCO[Si](C)(C)C(C)(C)C)OC(=O)CCCCOC(=O)C(CCCCCC)CCCCCCCC. The summed E-state index contributed by atoms with van der Waals surface area (Å²) in [5.41, 5.74) is 0. The summed E-state index contributed by atoms with van der Waals surface area (Å²) in [7, 11) is 0.173. The zero-order valence-electron chi connectivity index (χ0n) is 47.7. The van der Waals surface area contributed by atoms with Crippen molar-refractivity contribution in [2.45, 2.75) is 278 Å². The standard InChI is InChI=1S/C58H111NO11Si/c1-11-15-19-23-25-29-38-50(36-27-21-17-13-3)56(63)65-45-33-31-40-53(60)67-48-52(49-68-54(61)42-35-43-59(8)44-47-69-71(9,10)58(5,6)7)70-55(62)41-32-34-46-66-57(64)51(37-28-22-18-14-4)39-30-26-24-20-16-12-2/h50-52H,11-49H2,1-10H3/t50?,51?,52-/m1/s1. The molecule has 2 unspecified atom stereocenters. The summed E-state index contributed by atoms with van der Waals surface area (Å²) in [5.74, 6) is -1.81. The minimum atomic E-state index is -1.84. The molecule has 0 fully saturated rings. The van der Waals surface area contributed by atoms with Crippen LogP contribution in [0.2, 0.25) is 18.1 Å². The van der Waals surface area contributed by atoms with Gasteiger partial charge in [0.25, 0.3) is 0 Å². The Morgan fingerprint density at radius 3 is 1.21 bits per heavy atom. The Balaban J connectivity index is 5.18. The fourth-order valence-corrected chi connectivity index (χ4v) is 9.25. The van der Waals surface area contributed by atoms with Gasteiger partial charge in [0.2, 0.25) is 0 Å². The number of ether oxygens (including phenoxy) is 5. The van der Waals surface area contributed by atoms with E-state index in [-0.39, 0.29) is 74.5 Å². The summed E-state index contributed by atoms with van der Waals surface area (Å²) in [6.45, 7) is 22.0. The molecule has 0 amide bonds. The van der Waals surface area contributed by atoms with E-state index in [0.717, 1.165) is 96.4 Å². The average molecular weight is 1030 g/mol. The number of esters is 5. The monoisotopic (exact) mass is 1030 g/mol. The summed E-state index contributed by atoms with van der Waals surface area (Å²) in [4.78, 5) is 67.1. The number of hydrogen-bond acceptors (Lipinski definition) is 12. The molecule has 0 N–H and O–H groups in total. The van der Waals surface area contributed by atoms with Gasteiger partial charge in [0.05, 0.1) is 25.0 Å². The lowest BCUT2D eigenvalue weighted by atomic mass is 9.94. The van der Waals surface area contributed by atoms with Gasteiger partial charge >= 0.3 is 29.8 Å². The highest BCUT2D eigenvalue weighted by Gasteiger charge is 2.37. The topological polar surface area (TPSA) is 144 Å². The van der Waals surface area contributed by atoms with E-state index in [0.29, 0.717) is 45.3 Å². The number of unbranched alkanes of at least 4 members (excludes halogenated alkanes) is 18. The van der Waals surface area contributed by atoms with Gasteiger partial charge in [-0.25, -0.2) is 0 Å². The number of hydrogen-bond donors (Lipinski definition) is 0. The molecule has 12 nitrogen and oxygen atoms in total. The maximum atomic E-state index is 13.1. The molecule has 71 heavy (non-hydrogen) atoms. The van der Waals surface area contributed by atoms with E-state index in [2.05, 4.69) is 66.5 Å². The lowest BCUT2D eigenvalue weighted by Gasteiger charge is -2.36. The highest BCUT2D eigenvalue weighted by Crippen LogP contribution is 2.36. The summed E-state index contributed by atoms with van der Waals surface area (Å²) in [5, 5.41) is 0.140. The number of rotatable bonds is 49. The first kappa shape index (κ1) is 68.5. The van der Waals surface area contributed by atoms with Crippen molar-refractivity contribution in [1.29, 1.82) is 0 Å². The second kappa shape index (κ2) is 44.9. The van der Waals surface area contributed by atoms with Crippen LogP contribution < -0.4 is 0 Å². The van der Waals surface area contributed by atoms with Crippen molar-refractivity contribution in [2.24, 2.45) is 11.8 Å². The highest BCUT2D eigenvalue weighted by atomic mass is 28.4. The molecule has 0 saturated heterocycles. The van der Waals surface area contributed by atoms with Gasteiger partial charge < -0.3 is 33.0 Å². The highest BCUT2D eigenvalue weighted by molar-refractivity contribution is 6.74. The van der Waals surface area contributed by atoms with Crippen molar-refractivity contribution in [1.82, 2.24) is 4.90 Å². The van der Waals surface area contributed by atoms with Crippen LogP contribution in [-0.2, 0) is 52.1 Å². The predicted molar refractivity (Wildman–Crippen MR) is 292 cm³/mol. The molecule has 0 aliphatic heterocycles. The van der Waals surface area contributed by atoms with Crippen LogP contribution >= 0.6 is 0 Å². The Bertz CT molecular complexity index is 1340. The largest absolute Gasteiger partial charge is 0.465 e. The lowest BCUT2D eigenvalue weighted by Crippen LogP contribution is -2.42. The van der Waals surface area contributed by atoms with Gasteiger partial charge in [-0.2, -0.15) is 0 Å². The van der Waals surface area contributed by atoms with Crippen molar-refractivity contribution in [3.8, 4) is 0 Å². The van der Waals surface area contributed by atoms with Crippen LogP contribution in [0, 0.1) is 11.8 Å². The lowest BCUT2D eigenvalue weighted by molar-refractivity contribution is -0.167. The molecule has 0 aromatic heterocycles. The third-order valence-corrected chi connectivity index (χ3v) is 18.7. The molecule has 418 valence electrons. The minimum Gasteiger partial charge on any atom is -0.465 e. The van der Waals surface area contributed by atoms with Gasteiger partial charge in [-0.15, -0.1) is 0 Å². The Morgan fingerprint density at radius 1 is 0.437 bits per heavy atom. The van der Waals surface area contributed by atoms with Crippen LogP contribution in [0.1, 0.15) is 254 Å². The molecular weight excluding hydrogens is 915 g/mol. The van der Waals surface area contributed by atoms with Crippen molar-refractivity contribution in [3.05, 3.63) is 0 Å². The maximum Gasteiger partial charge on any atom is 0.308 e. The number of likely N-dealkylation sites (N-methyl/N-ethyl adjacent to an activating group) is 1. The number of carbonyl (C=O) groups is 5. The zero-order valence-corrected chi connectivity index (χ0v) is 48.7. The van der Waals surface area contributed by atoms with E-state index < -0.39 is 32.3 Å². The Kier molecular flexibility index (Phi) is 43.3. The van der Waals surface area contributed by atoms with Crippen LogP contribution in [0.3, 0.4) is 0 Å². The predicted octanol–water partition coefficient (Wildman–Crippen LogP) is 14.8. The smallest absolute Gasteiger partial charge is 0.308 e. The van der Waals surface area contributed by atoms with Crippen molar-refractivity contribution in [2.75, 3.05) is 53.2 Å². The average Bonchev–Trinajstić information content (AvgIpc) is 3.32. The van der Waals surface area contributed by atoms with Gasteiger partial charge in [0.15, 0.2) is 14.4 Å². The second-order valence-corrected chi connectivity index (χ2v) is 26.8. The zero-order chi connectivity index (χ0) is 53.0. The van der Waals surface area contributed by atoms with Crippen LogP contribution in [-0.4, -0.2) is 102 Å². The molecule has 0 radical (unpaired) electrons. The van der Waals surface area contributed by atoms with Crippen LogP contribution in [0.4, 0.5) is 0 Å². The van der Waals surface area contributed by atoms with E-state index >= 15 is 0 Å². The van der Waals surface area contributed by atoms with Gasteiger partial charge in [-0.05, 0) is 89.5 Å². The molecule has 0 saturated carbocycles. The Hall–Kier alpha value is -2.51. The first-order valence-corrected chi connectivity index (χ1v) is 32.1. The molecule has 0 heterocycles. The van der Waals surface area contributed by atoms with Crippen molar-refractivity contribution >= 4 is 38.2 Å². The Morgan fingerprint density at radius 2 is 0.803 bits per heavy atom. The van der Waals surface area contributed by atoms with E-state index in [4.69, 9.17) is 28.1 Å². The molecule has 0 spiro atoms. The number of carbonyl (C=O) groups excluding carboxylic acids is 5. The summed E-state index contributed by atoms with van der Waals surface area (Å²) < 4.78 is 34.5. The maximum absolute atomic E-state index is 13.1. The third-order valence-electron chi connectivity index (χ3n) is 14.2. The van der Waals surface area contributed by atoms with E-state index in [1.165, 1.54) is 64.2 Å². The normalized spacial score (nSPS) is 13.2. The van der Waals surface area contributed by atoms with Crippen LogP contribution in [0.25, 0.3) is 0 Å². The fourth-order valence-electron chi connectivity index (χ4n) is 8.22. The van der Waals surface area contributed by atoms with Gasteiger partial charge in [0.1, 0.15) is 13.2 Å². The van der Waals surface area contributed by atoms with Gasteiger partial charge in [-0.1, -0.05) is 177 Å². The third kappa shape index (κ3) is 39.6. The Labute approximate surface area is 436 Å². The van der Waals surface area contributed by atoms with E-state index in [1.54, 1.807) is 0 Å². The van der Waals surface area contributed by atoms with Crippen LogP contribution in [0.5, 0.6) is 0 Å². The first-order valence-electron chi connectivity index (χ1n) is 29.2. The molecule has 13 heteroatoms. The molecule has 0 aliphatic rings. The molecule has 0 bridgehead atoms. The summed E-state index contributed by atoms with van der Waals surface area (Å²) in [6, 6.07) is 0. The summed E-state index contributed by atoms with van der Waals surface area (Å²) in [6.07, 6.45) is 28.6. The van der Waals surface area contributed by atoms with Crippen LogP contribution in [0.15, 0.2) is 0 Å². The molecule has 0 aliphatic carbocycles. The molecular formula is C58H111NO11Si. The molecule has 0 aromatic rings. The van der Waals surface area contributed by atoms with Gasteiger partial charge in [0, 0.05) is 32.4 Å². The fraction of sp³-hybridized carbons (Fsp3) is 0.914. The first-order chi connectivity index (χ1) is 34.0. The minimum absolute atomic E-state index is 0.0738. The summed E-state index contributed by atoms with van der Waals surface area (Å²) >= 11 is 0. The van der Waals surface area contributed by atoms with Crippen molar-refractivity contribution < 1.29 is 52.1 Å². The van der Waals surface area contributed by atoms with Gasteiger partial charge in [-0.3, -0.25) is 24.0 Å². The van der Waals surface area contributed by atoms with Crippen molar-refractivity contribution in [3.63, 3.8) is 0 Å². The molecule has 3 atom stereocenters. The number of nitrogens with zero attached hydrogens (tertiary/aromatic N) is 1. The van der Waals surface area contributed by atoms with E-state index in [9.17, 15) is 24.0 Å². The van der Waals surface area contributed by atoms with E-state index in [1.807, 2.05) is 7.05 Å². The second-order valence-electron chi connectivity index (χ2n) is 21.9. The molecule has 0 aromatic carbocycles. The molecule has 0 rings (SSSR count).